The molecule has 1 heterocycles. The molecular weight excluding hydrogens is 345 g/mol. The van der Waals surface area contributed by atoms with Gasteiger partial charge in [-0.1, -0.05) is 0 Å². The zero-order valence-electron chi connectivity index (χ0n) is 10.5. The van der Waals surface area contributed by atoms with E-state index in [2.05, 4.69) is 14.4 Å². The maximum Gasteiger partial charge on any atom is 0.491 e. The number of hydrogen-bond donors (Lipinski definition) is 1. The molecule has 11 heteroatoms. The Hall–Kier alpha value is -2.14. The Labute approximate surface area is 126 Å². The number of anilines is 1. The van der Waals surface area contributed by atoms with E-state index in [0.717, 1.165) is 35.6 Å². The number of rotatable bonds is 4. The van der Waals surface area contributed by atoms with Crippen molar-refractivity contribution in [2.24, 2.45) is 0 Å². The van der Waals surface area contributed by atoms with Gasteiger partial charge in [0, 0.05) is 11.6 Å². The van der Waals surface area contributed by atoms with Gasteiger partial charge in [0.1, 0.15) is 5.75 Å². The molecule has 0 bridgehead atoms. The third-order valence-electron chi connectivity index (χ3n) is 2.23. The normalized spacial score (nSPS) is 12.0. The summed E-state index contributed by atoms with van der Waals surface area (Å²) in [5.41, 5.74) is 0. The quantitative estimate of drug-likeness (QED) is 0.675. The maximum absolute atomic E-state index is 12.0. The Kier molecular flexibility index (Phi) is 4.37. The van der Waals surface area contributed by atoms with Crippen molar-refractivity contribution in [3.63, 3.8) is 0 Å². The molecule has 0 unspecified atom stereocenters. The molecule has 22 heavy (non-hydrogen) atoms. The highest BCUT2D eigenvalue weighted by molar-refractivity contribution is 7.93. The lowest BCUT2D eigenvalue weighted by Crippen LogP contribution is -2.27. The number of thiazole rings is 1. The fourth-order valence-corrected chi connectivity index (χ4v) is 3.09. The fraction of sp³-hybridized carbons (Fsp3) is 0.0909. The topological polar surface area (TPSA) is 85.4 Å². The van der Waals surface area contributed by atoms with Crippen LogP contribution < -0.4 is 9.46 Å². The number of carbonyl (C=O) groups excluding carboxylic acids is 1. The van der Waals surface area contributed by atoms with Crippen LogP contribution in [0.3, 0.4) is 0 Å². The van der Waals surface area contributed by atoms with Crippen molar-refractivity contribution >= 4 is 32.5 Å². The molecule has 118 valence electrons. The summed E-state index contributed by atoms with van der Waals surface area (Å²) in [7, 11) is -3.92. The number of carbonyl (C=O) groups is 1. The molecule has 0 radical (unpaired) electrons. The van der Waals surface area contributed by atoms with Crippen molar-refractivity contribution in [2.45, 2.75) is 11.1 Å². The molecule has 0 amide bonds. The number of halogens is 3. The van der Waals surface area contributed by atoms with Crippen molar-refractivity contribution in [1.82, 2.24) is 4.98 Å². The summed E-state index contributed by atoms with van der Waals surface area (Å²) >= 11 is 1.06. The SMILES string of the molecule is O=C(Oc1ccc(S(=O)(=O)Nc2nccs2)cc1)C(F)(F)F. The Morgan fingerprint density at radius 2 is 1.86 bits per heavy atom. The van der Waals surface area contributed by atoms with Crippen LogP contribution in [0.5, 0.6) is 5.75 Å². The average Bonchev–Trinajstić information content (AvgIpc) is 2.90. The number of esters is 1. The molecule has 1 N–H and O–H groups in total. The first-order chi connectivity index (χ1) is 10.2. The van der Waals surface area contributed by atoms with E-state index in [1.165, 1.54) is 6.20 Å². The van der Waals surface area contributed by atoms with Crippen molar-refractivity contribution in [2.75, 3.05) is 4.72 Å². The molecule has 0 saturated carbocycles. The third-order valence-corrected chi connectivity index (χ3v) is 4.40. The zero-order valence-corrected chi connectivity index (χ0v) is 12.1. The van der Waals surface area contributed by atoms with Gasteiger partial charge in [-0.25, -0.2) is 18.2 Å². The van der Waals surface area contributed by atoms with E-state index < -0.39 is 27.9 Å². The molecule has 2 rings (SSSR count). The Balaban J connectivity index is 2.13. The lowest BCUT2D eigenvalue weighted by atomic mass is 10.3. The third kappa shape index (κ3) is 3.95. The van der Waals surface area contributed by atoms with Gasteiger partial charge in [-0.15, -0.1) is 11.3 Å². The first-order valence-electron chi connectivity index (χ1n) is 5.50. The van der Waals surface area contributed by atoms with Gasteiger partial charge in [0.15, 0.2) is 5.13 Å². The Morgan fingerprint density at radius 1 is 1.23 bits per heavy atom. The van der Waals surface area contributed by atoms with Gasteiger partial charge in [0.2, 0.25) is 0 Å². The summed E-state index contributed by atoms with van der Waals surface area (Å²) in [5.74, 6) is -2.81. The molecule has 0 atom stereocenters. The van der Waals surface area contributed by atoms with Crippen LogP contribution in [0.1, 0.15) is 0 Å². The maximum atomic E-state index is 12.0. The molecule has 0 aliphatic carbocycles. The number of alkyl halides is 3. The molecule has 0 saturated heterocycles. The molecule has 0 aliphatic rings. The van der Waals surface area contributed by atoms with Crippen LogP contribution in [0.4, 0.5) is 18.3 Å². The van der Waals surface area contributed by atoms with E-state index in [-0.39, 0.29) is 10.0 Å². The first kappa shape index (κ1) is 16.2. The molecule has 6 nitrogen and oxygen atoms in total. The number of nitrogens with zero attached hydrogens (tertiary/aromatic N) is 1. The van der Waals surface area contributed by atoms with E-state index in [0.29, 0.717) is 0 Å². The number of benzene rings is 1. The molecular formula is C11H7F3N2O4S2. The van der Waals surface area contributed by atoms with Crippen LogP contribution in [-0.4, -0.2) is 25.5 Å². The summed E-state index contributed by atoms with van der Waals surface area (Å²) in [5, 5.41) is 1.71. The van der Waals surface area contributed by atoms with Gasteiger partial charge < -0.3 is 4.74 Å². The van der Waals surface area contributed by atoms with Crippen molar-refractivity contribution < 1.29 is 31.1 Å². The summed E-state index contributed by atoms with van der Waals surface area (Å²) in [6, 6.07) is 3.91. The predicted molar refractivity (Wildman–Crippen MR) is 71.1 cm³/mol. The van der Waals surface area contributed by atoms with Crippen molar-refractivity contribution in [1.29, 1.82) is 0 Å². The Bertz CT molecular complexity index is 756. The van der Waals surface area contributed by atoms with Crippen molar-refractivity contribution in [3.8, 4) is 5.75 Å². The van der Waals surface area contributed by atoms with Crippen LogP contribution >= 0.6 is 11.3 Å². The lowest BCUT2D eigenvalue weighted by Gasteiger charge is -2.08. The minimum Gasteiger partial charge on any atom is -0.420 e. The first-order valence-corrected chi connectivity index (χ1v) is 7.86. The van der Waals surface area contributed by atoms with Gasteiger partial charge in [-0.05, 0) is 24.3 Å². The second-order valence-electron chi connectivity index (χ2n) is 3.80. The van der Waals surface area contributed by atoms with Crippen LogP contribution in [-0.2, 0) is 14.8 Å². The van der Waals surface area contributed by atoms with Gasteiger partial charge >= 0.3 is 12.1 Å². The van der Waals surface area contributed by atoms with E-state index in [9.17, 15) is 26.4 Å². The molecule has 1 aromatic heterocycles. The molecule has 2 aromatic rings. The summed E-state index contributed by atoms with van der Waals surface area (Å²) in [4.78, 5) is 14.2. The minimum absolute atomic E-state index is 0.146. The summed E-state index contributed by atoms with van der Waals surface area (Å²) < 4.78 is 66.3. The molecule has 1 aromatic carbocycles. The second-order valence-corrected chi connectivity index (χ2v) is 6.38. The zero-order chi connectivity index (χ0) is 16.4. The van der Waals surface area contributed by atoms with Gasteiger partial charge in [0.05, 0.1) is 4.90 Å². The molecule has 0 aliphatic heterocycles. The highest BCUT2D eigenvalue weighted by atomic mass is 32.2. The van der Waals surface area contributed by atoms with Crippen LogP contribution in [0.2, 0.25) is 0 Å². The van der Waals surface area contributed by atoms with Gasteiger partial charge in [-0.2, -0.15) is 13.2 Å². The fourth-order valence-electron chi connectivity index (χ4n) is 1.30. The second kappa shape index (κ2) is 5.93. The summed E-state index contributed by atoms with van der Waals surface area (Å²) in [6.45, 7) is 0. The number of aromatic nitrogens is 1. The highest BCUT2D eigenvalue weighted by Crippen LogP contribution is 2.23. The van der Waals surface area contributed by atoms with Crippen LogP contribution in [0, 0.1) is 0 Å². The van der Waals surface area contributed by atoms with E-state index >= 15 is 0 Å². The standard InChI is InChI=1S/C11H7F3N2O4S2/c12-11(13,14)9(17)20-7-1-3-8(4-2-7)22(18,19)16-10-15-5-6-21-10/h1-6H,(H,15,16). The highest BCUT2D eigenvalue weighted by Gasteiger charge is 2.41. The van der Waals surface area contributed by atoms with E-state index in [1.807, 2.05) is 0 Å². The van der Waals surface area contributed by atoms with Gasteiger partial charge in [0.25, 0.3) is 10.0 Å². The molecule has 0 spiro atoms. The monoisotopic (exact) mass is 352 g/mol. The lowest BCUT2D eigenvalue weighted by molar-refractivity contribution is -0.189. The average molecular weight is 352 g/mol. The predicted octanol–water partition coefficient (Wildman–Crippen LogP) is 2.41. The summed E-state index contributed by atoms with van der Waals surface area (Å²) in [6.07, 6.45) is -3.72. The van der Waals surface area contributed by atoms with E-state index in [1.54, 1.807) is 5.38 Å². The minimum atomic E-state index is -5.13. The Morgan fingerprint density at radius 3 is 2.36 bits per heavy atom. The smallest absolute Gasteiger partial charge is 0.420 e. The molecule has 0 fully saturated rings. The van der Waals surface area contributed by atoms with Crippen LogP contribution in [0.25, 0.3) is 0 Å². The number of nitrogens with one attached hydrogen (secondary N) is 1. The van der Waals surface area contributed by atoms with E-state index in [4.69, 9.17) is 0 Å². The number of ether oxygens (including phenoxy) is 1. The van der Waals surface area contributed by atoms with Gasteiger partial charge in [-0.3, -0.25) is 4.72 Å². The van der Waals surface area contributed by atoms with Crippen molar-refractivity contribution in [3.05, 3.63) is 35.8 Å². The number of hydrogen-bond acceptors (Lipinski definition) is 6. The van der Waals surface area contributed by atoms with Crippen LogP contribution in [0.15, 0.2) is 40.7 Å². The number of sulfonamides is 1. The largest absolute Gasteiger partial charge is 0.491 e.